The maximum absolute atomic E-state index is 13.1. The molecule has 467 valence electrons. The van der Waals surface area contributed by atoms with Gasteiger partial charge in [-0.15, -0.1) is 34.0 Å². The van der Waals surface area contributed by atoms with Crippen molar-refractivity contribution in [2.24, 2.45) is 21.1 Å². The number of H-pyrrole nitrogens is 1. The Kier molecular flexibility index (Phi) is 27.0. The molecule has 13 aromatic heterocycles. The second-order valence-electron chi connectivity index (χ2n) is 19.2. The van der Waals surface area contributed by atoms with Crippen LogP contribution in [-0.2, 0) is 40.3 Å². The summed E-state index contributed by atoms with van der Waals surface area (Å²) < 4.78 is 16.1. The van der Waals surface area contributed by atoms with Crippen LogP contribution in [0.2, 0.25) is 0 Å². The van der Waals surface area contributed by atoms with E-state index in [2.05, 4.69) is 211 Å². The van der Waals surface area contributed by atoms with Crippen LogP contribution < -0.4 is 5.32 Å². The fourth-order valence-electron chi connectivity index (χ4n) is 9.18. The van der Waals surface area contributed by atoms with Crippen LogP contribution in [0.1, 0.15) is 71.4 Å². The van der Waals surface area contributed by atoms with Crippen molar-refractivity contribution >= 4 is 191 Å². The number of carbonyl (C=O) groups excluding carboxylic acids is 2. The number of aromatic nitrogens is 15. The average molecular weight is 2020 g/mol. The predicted octanol–water partition coefficient (Wildman–Crippen LogP) is 16.3. The van der Waals surface area contributed by atoms with E-state index in [1.807, 2.05) is 115 Å². The first-order valence-corrected chi connectivity index (χ1v) is 53.7. The molecule has 90 heavy (non-hydrogen) atoms. The first-order chi connectivity index (χ1) is 43.2. The Balaban J connectivity index is 0.000000164. The summed E-state index contributed by atoms with van der Waals surface area (Å²) in [5.41, 5.74) is 11.4. The number of halogens is 6. The van der Waals surface area contributed by atoms with E-state index in [1.54, 1.807) is 98.2 Å². The van der Waals surface area contributed by atoms with E-state index in [-0.39, 0.29) is 28.4 Å². The number of hydrogen-bond donors (Lipinski definition) is 3. The van der Waals surface area contributed by atoms with Crippen molar-refractivity contribution in [2.75, 3.05) is 11.5 Å². The van der Waals surface area contributed by atoms with E-state index >= 15 is 0 Å². The van der Waals surface area contributed by atoms with Crippen molar-refractivity contribution < 1.29 is 38.6 Å². The number of aryl methyl sites for hydroxylation is 6. The van der Waals surface area contributed by atoms with E-state index < -0.39 is 5.97 Å². The van der Waals surface area contributed by atoms with Crippen molar-refractivity contribution in [3.05, 3.63) is 172 Å². The SMILES string of the molecule is CCOC(=O)c1cc(-c2cnn(C)c2)c2ncc(-c3ccc(C)s3)n2c1.CI.Cc1ccc(-c2cnc3c(-c4cnn(C)c4)cc(C(=O)NC(C)c4ncn[nH]4)cn23)s1.Cc1ccc(-c2cnc3c(-c4cnn(C)c4)cc(C(=O)O)cn23)s1.[I][V]([I])[I].[I][V][I]. The minimum atomic E-state index is -0.968. The molecule has 32 heteroatoms. The first-order valence-electron chi connectivity index (χ1n) is 26.6. The van der Waals surface area contributed by atoms with Gasteiger partial charge in [-0.1, -0.05) is 22.6 Å². The number of carboxylic acids is 1. The summed E-state index contributed by atoms with van der Waals surface area (Å²) in [7, 11) is 6.18. The third-order valence-corrected chi connectivity index (χ3v) is 16.1. The number of pyridine rings is 3. The summed E-state index contributed by atoms with van der Waals surface area (Å²) in [4.78, 5) is 63.6. The number of alkyl halides is 1. The number of amides is 1. The van der Waals surface area contributed by atoms with Crippen molar-refractivity contribution in [3.63, 3.8) is 0 Å². The molecule has 0 aromatic carbocycles. The molecule has 1 atom stereocenters. The summed E-state index contributed by atoms with van der Waals surface area (Å²) in [6.45, 7) is 10.2. The number of aromatic amines is 1. The van der Waals surface area contributed by atoms with Gasteiger partial charge in [0.15, 0.2) is 0 Å². The van der Waals surface area contributed by atoms with Crippen LogP contribution in [0.25, 0.3) is 82.0 Å². The van der Waals surface area contributed by atoms with Gasteiger partial charge in [0.05, 0.1) is 98.2 Å². The molecule has 0 spiro atoms. The molecular weight excluding hydrogens is 1960 g/mol. The average Bonchev–Trinajstić information content (AvgIpc) is 1.69. The number of nitrogens with zero attached hydrogens (tertiary/aromatic N) is 14. The standard InChI is InChI=1S/C21H20N8OS.C19H18N4O2S.C17H14N4O2S.CH3I.5HI.2V/c1-12-4-5-18(31-12)17-8-22-20-16(15-7-25-28(3)9-15)6-14(10-29(17)20)21(30)26-13(2)19-23-11-24-27-19;1-4-25-19(24)13-7-15(14-8-21-22(3)10-14)18-20-9-16(23(18)11-13)17-6-5-12(2)26-17;1-10-3-4-15(24-10)14-7-18-16-13(12-6-19-20(2)8-12)5-11(17(22)23)9-21(14)16;1-2;;;;;;;/h4-11,13H,1-3H3,(H,26,30)(H,23,24,27);5-11H,4H2,1-3H3;3-9H,1-2H3,(H,22,23);1H3;5*1H;;/q;;;;;;;;;+2;+3/p-5. The van der Waals surface area contributed by atoms with E-state index in [4.69, 9.17) is 4.74 Å². The van der Waals surface area contributed by atoms with Crippen LogP contribution in [0.4, 0.5) is 0 Å². The molecule has 0 aliphatic heterocycles. The number of hydrogen-bond acceptors (Lipinski definition) is 15. The summed E-state index contributed by atoms with van der Waals surface area (Å²) in [6.07, 6.45) is 23.1. The molecule has 1 unspecified atom stereocenters. The summed E-state index contributed by atoms with van der Waals surface area (Å²) in [5, 5.41) is 31.8. The molecule has 13 heterocycles. The number of thiophene rings is 3. The Bertz CT molecular complexity index is 4560. The van der Waals surface area contributed by atoms with Crippen molar-refractivity contribution in [2.45, 2.75) is 40.7 Å². The van der Waals surface area contributed by atoms with Gasteiger partial charge in [-0.2, -0.15) is 20.4 Å². The molecule has 3 N–H and O–H groups in total. The minimum absolute atomic E-state index is 0.210. The molecule has 21 nitrogen and oxygen atoms in total. The van der Waals surface area contributed by atoms with Crippen LogP contribution in [0.5, 0.6) is 0 Å². The zero-order valence-corrected chi connectivity index (χ0v) is 67.4. The predicted molar refractivity (Wildman–Crippen MR) is 402 cm³/mol. The van der Waals surface area contributed by atoms with E-state index in [0.29, 0.717) is 38.7 Å². The molecule has 0 bridgehead atoms. The molecule has 0 fully saturated rings. The van der Waals surface area contributed by atoms with Gasteiger partial charge in [-0.05, 0) is 94.1 Å². The van der Waals surface area contributed by atoms with Gasteiger partial charge in [0.25, 0.3) is 5.91 Å². The third kappa shape index (κ3) is 18.0. The number of esters is 1. The molecule has 0 saturated carbocycles. The van der Waals surface area contributed by atoms with Crippen LogP contribution in [0, 0.1) is 20.8 Å². The molecule has 0 aliphatic rings. The van der Waals surface area contributed by atoms with Gasteiger partial charge in [0.1, 0.15) is 29.1 Å². The van der Waals surface area contributed by atoms with Gasteiger partial charge >= 0.3 is 126 Å². The molecule has 1 amide bonds. The Morgan fingerprint density at radius 1 is 0.611 bits per heavy atom. The van der Waals surface area contributed by atoms with E-state index in [1.165, 1.54) is 21.0 Å². The van der Waals surface area contributed by atoms with E-state index in [0.717, 1.165) is 76.4 Å². The Labute approximate surface area is 610 Å². The molecule has 0 aliphatic carbocycles. The number of fused-ring (bicyclic) bond motifs is 3. The quantitative estimate of drug-likeness (QED) is 0.0587. The molecule has 0 radical (unpaired) electrons. The zero-order chi connectivity index (χ0) is 64.9. The summed E-state index contributed by atoms with van der Waals surface area (Å²) in [6, 6.07) is 17.4. The van der Waals surface area contributed by atoms with Crippen molar-refractivity contribution in [1.82, 2.24) is 78.0 Å². The number of ether oxygens (including phenoxy) is 1. The van der Waals surface area contributed by atoms with Crippen LogP contribution in [-0.4, -0.2) is 107 Å². The molecular formula is C58H55I6N16O5S3V2. The maximum atomic E-state index is 13.1. The second kappa shape index (κ2) is 33.8. The molecule has 13 rings (SSSR count). The normalized spacial score (nSPS) is 11.1. The van der Waals surface area contributed by atoms with Gasteiger partial charge in [0, 0.05) is 106 Å². The van der Waals surface area contributed by atoms with Gasteiger partial charge in [0.2, 0.25) is 0 Å². The number of imidazole rings is 3. The Morgan fingerprint density at radius 3 is 1.30 bits per heavy atom. The van der Waals surface area contributed by atoms with Gasteiger partial charge < -0.3 is 15.2 Å². The third-order valence-electron chi connectivity index (χ3n) is 13.1. The zero-order valence-electron chi connectivity index (χ0n) is 49.2. The van der Waals surface area contributed by atoms with E-state index in [9.17, 15) is 19.5 Å². The van der Waals surface area contributed by atoms with Crippen molar-refractivity contribution in [1.29, 1.82) is 0 Å². The number of nitrogens with one attached hydrogen (secondary N) is 2. The number of rotatable bonds is 12. The fraction of sp³-hybridized carbons (Fsp3) is 0.190. The van der Waals surface area contributed by atoms with Crippen LogP contribution in [0.15, 0.2) is 135 Å². The Hall–Kier alpha value is -4.10. The monoisotopic (exact) mass is 2010 g/mol. The summed E-state index contributed by atoms with van der Waals surface area (Å²) in [5.74, 6) is -0.928. The van der Waals surface area contributed by atoms with Crippen LogP contribution >= 0.6 is 156 Å². The van der Waals surface area contributed by atoms with Gasteiger partial charge in [-0.3, -0.25) is 37.1 Å². The number of carbonyl (C=O) groups is 3. The topological polar surface area (TPSA) is 240 Å². The van der Waals surface area contributed by atoms with Crippen molar-refractivity contribution in [3.8, 4) is 65.1 Å². The van der Waals surface area contributed by atoms with Crippen LogP contribution in [0.3, 0.4) is 0 Å². The first kappa shape index (κ1) is 71.7. The second-order valence-corrected chi connectivity index (χ2v) is 70.2. The Morgan fingerprint density at radius 2 is 0.978 bits per heavy atom. The fourth-order valence-corrected chi connectivity index (χ4v) is 11.8. The molecule has 0 saturated heterocycles. The molecule has 13 aromatic rings. The van der Waals surface area contributed by atoms with Gasteiger partial charge in [-0.25, -0.2) is 29.5 Å². The number of aromatic carboxylic acids is 1. The number of carboxylic acid groups (broad SMARTS) is 1. The summed E-state index contributed by atoms with van der Waals surface area (Å²) >= 11 is 19.3.